The first-order valence-electron chi connectivity index (χ1n) is 1.62. The molecule has 6 heteroatoms. The Labute approximate surface area is 61.3 Å². The van der Waals surface area contributed by atoms with Crippen LogP contribution in [0.25, 0.3) is 0 Å². The van der Waals surface area contributed by atoms with E-state index < -0.39 is 10.9 Å². The van der Waals surface area contributed by atoms with Crippen LogP contribution in [0.1, 0.15) is 0 Å². The van der Waals surface area contributed by atoms with E-state index in [4.69, 9.17) is 9.90 Å². The minimum Gasteiger partial charge on any atom is -0.469 e. The van der Waals surface area contributed by atoms with Gasteiger partial charge in [0.1, 0.15) is 0 Å². The van der Waals surface area contributed by atoms with Crippen molar-refractivity contribution in [1.82, 2.24) is 0 Å². The smallest absolute Gasteiger partial charge is 0.403 e. The Morgan fingerprint density at radius 1 is 1.44 bits per heavy atom. The summed E-state index contributed by atoms with van der Waals surface area (Å²) < 4.78 is 3.88. The summed E-state index contributed by atoms with van der Waals surface area (Å²) in [7, 11) is 1.22. The lowest BCUT2D eigenvalue weighted by Crippen LogP contribution is -1.80. The SMILES string of the molecule is COC(=O)Cl.O=C(O)Cl. The number of carbonyl (C=O) groups is 2. The first-order valence-corrected chi connectivity index (χ1v) is 2.38. The maximum absolute atomic E-state index is 9.36. The fourth-order valence-electron chi connectivity index (χ4n) is 0. The number of ether oxygens (including phenoxy) is 1. The highest BCUT2D eigenvalue weighted by Gasteiger charge is 1.80. The van der Waals surface area contributed by atoms with Gasteiger partial charge in [-0.3, -0.25) is 0 Å². The average Bonchev–Trinajstić information content (AvgIpc) is 1.65. The molecule has 0 spiro atoms. The van der Waals surface area contributed by atoms with Crippen molar-refractivity contribution in [1.29, 1.82) is 0 Å². The number of methoxy groups -OCH3 is 1. The molecule has 0 fully saturated rings. The Bertz CT molecular complexity index is 98.0. The molecule has 0 rings (SSSR count). The van der Waals surface area contributed by atoms with Crippen molar-refractivity contribution in [3.63, 3.8) is 0 Å². The lowest BCUT2D eigenvalue weighted by atomic mass is 11.5. The Kier molecular flexibility index (Phi) is 9.47. The van der Waals surface area contributed by atoms with Gasteiger partial charge in [0.25, 0.3) is 0 Å². The minimum absolute atomic E-state index is 0.773. The highest BCUT2D eigenvalue weighted by Crippen LogP contribution is 1.78. The van der Waals surface area contributed by atoms with Crippen molar-refractivity contribution in [2.45, 2.75) is 0 Å². The van der Waals surface area contributed by atoms with E-state index in [2.05, 4.69) is 27.9 Å². The van der Waals surface area contributed by atoms with Crippen LogP contribution in [-0.2, 0) is 4.74 Å². The second-order valence-corrected chi connectivity index (χ2v) is 1.33. The van der Waals surface area contributed by atoms with Gasteiger partial charge in [0.15, 0.2) is 0 Å². The van der Waals surface area contributed by atoms with Gasteiger partial charge in [-0.1, -0.05) is 0 Å². The van der Waals surface area contributed by atoms with E-state index in [0.717, 1.165) is 0 Å². The number of carboxylic acid groups (broad SMARTS) is 1. The minimum atomic E-state index is -1.36. The van der Waals surface area contributed by atoms with Crippen molar-refractivity contribution in [3.05, 3.63) is 0 Å². The molecule has 1 N–H and O–H groups in total. The molecule has 54 valence electrons. The number of rotatable bonds is 0. The predicted octanol–water partition coefficient (Wildman–Crippen LogP) is 1.89. The molecule has 0 aliphatic heterocycles. The van der Waals surface area contributed by atoms with Crippen LogP contribution in [0.3, 0.4) is 0 Å². The zero-order valence-corrected chi connectivity index (χ0v) is 5.94. The van der Waals surface area contributed by atoms with Crippen molar-refractivity contribution < 1.29 is 19.4 Å². The van der Waals surface area contributed by atoms with Gasteiger partial charge >= 0.3 is 10.9 Å². The van der Waals surface area contributed by atoms with E-state index in [9.17, 15) is 4.79 Å². The third-order valence-electron chi connectivity index (χ3n) is 0.160. The number of hydrogen-bond donors (Lipinski definition) is 1. The fourth-order valence-corrected chi connectivity index (χ4v) is 0. The number of carbonyl (C=O) groups excluding carboxylic acids is 1. The molecular weight excluding hydrogens is 171 g/mol. The highest BCUT2D eigenvalue weighted by molar-refractivity contribution is 6.61. The first-order chi connectivity index (χ1) is 4.00. The van der Waals surface area contributed by atoms with Gasteiger partial charge in [-0.25, -0.2) is 9.59 Å². The lowest BCUT2D eigenvalue weighted by molar-refractivity contribution is 0.198. The second-order valence-electron chi connectivity index (χ2n) is 0.695. The Hall–Kier alpha value is -0.480. The van der Waals surface area contributed by atoms with E-state index >= 15 is 0 Å². The van der Waals surface area contributed by atoms with Gasteiger partial charge in [0.2, 0.25) is 0 Å². The van der Waals surface area contributed by atoms with Gasteiger partial charge in [-0.05, 0) is 0 Å². The van der Waals surface area contributed by atoms with Crippen molar-refractivity contribution in [3.8, 4) is 0 Å². The zero-order chi connectivity index (χ0) is 7.86. The Morgan fingerprint density at radius 3 is 1.56 bits per heavy atom. The van der Waals surface area contributed by atoms with E-state index in [1.54, 1.807) is 0 Å². The van der Waals surface area contributed by atoms with Crippen molar-refractivity contribution >= 4 is 34.1 Å². The van der Waals surface area contributed by atoms with Crippen molar-refractivity contribution in [2.24, 2.45) is 0 Å². The van der Waals surface area contributed by atoms with Gasteiger partial charge in [-0.15, -0.1) is 0 Å². The monoisotopic (exact) mass is 174 g/mol. The summed E-state index contributed by atoms with van der Waals surface area (Å²) in [5.74, 6) is 0. The third kappa shape index (κ3) is 99.2. The van der Waals surface area contributed by atoms with Gasteiger partial charge in [-0.2, -0.15) is 0 Å². The molecule has 0 aromatic heterocycles. The van der Waals surface area contributed by atoms with Crippen LogP contribution in [-0.4, -0.2) is 23.1 Å². The molecule has 9 heavy (non-hydrogen) atoms. The molecule has 0 radical (unpaired) electrons. The molecule has 0 aromatic carbocycles. The Balaban J connectivity index is 0. The Morgan fingerprint density at radius 2 is 1.56 bits per heavy atom. The van der Waals surface area contributed by atoms with Crippen LogP contribution in [0.4, 0.5) is 9.59 Å². The summed E-state index contributed by atoms with van der Waals surface area (Å²) in [6, 6.07) is 0. The quantitative estimate of drug-likeness (QED) is 0.571. The molecule has 0 aliphatic carbocycles. The summed E-state index contributed by atoms with van der Waals surface area (Å²) in [6.45, 7) is 0. The molecule has 0 aliphatic rings. The lowest BCUT2D eigenvalue weighted by Gasteiger charge is -1.77. The summed E-state index contributed by atoms with van der Waals surface area (Å²) in [6.07, 6.45) is 0. The van der Waals surface area contributed by atoms with Crippen LogP contribution in [0.15, 0.2) is 0 Å². The normalized spacial score (nSPS) is 6.56. The maximum Gasteiger partial charge on any atom is 0.403 e. The standard InChI is InChI=1S/C2H3ClO2.CHClO2/c1-5-2(3)4;2-1(3)4/h1H3;(H,3,4). The molecule has 0 amide bonds. The van der Waals surface area contributed by atoms with E-state index in [0.29, 0.717) is 0 Å². The largest absolute Gasteiger partial charge is 0.469 e. The van der Waals surface area contributed by atoms with Crippen LogP contribution >= 0.6 is 23.2 Å². The van der Waals surface area contributed by atoms with Gasteiger partial charge in [0, 0.05) is 23.2 Å². The van der Waals surface area contributed by atoms with Crippen molar-refractivity contribution in [2.75, 3.05) is 7.11 Å². The van der Waals surface area contributed by atoms with E-state index in [1.165, 1.54) is 7.11 Å². The summed E-state index contributed by atoms with van der Waals surface area (Å²) >= 11 is 8.79. The van der Waals surface area contributed by atoms with Crippen LogP contribution in [0.5, 0.6) is 0 Å². The topological polar surface area (TPSA) is 63.6 Å². The summed E-state index contributed by atoms with van der Waals surface area (Å²) in [4.78, 5) is 18.1. The first kappa shape index (κ1) is 11.3. The highest BCUT2D eigenvalue weighted by atomic mass is 35.5. The van der Waals surface area contributed by atoms with E-state index in [1.807, 2.05) is 0 Å². The molecular formula is C3H4Cl2O4. The molecule has 0 aromatic rings. The zero-order valence-electron chi connectivity index (χ0n) is 4.43. The summed E-state index contributed by atoms with van der Waals surface area (Å²) in [5, 5.41) is 7.18. The predicted molar refractivity (Wildman–Crippen MR) is 32.1 cm³/mol. The molecule has 0 saturated carbocycles. The number of hydrogen-bond acceptors (Lipinski definition) is 3. The number of halogens is 2. The van der Waals surface area contributed by atoms with Crippen LogP contribution in [0, 0.1) is 0 Å². The second kappa shape index (κ2) is 7.52. The van der Waals surface area contributed by atoms with Gasteiger partial charge < -0.3 is 9.84 Å². The fraction of sp³-hybridized carbons (Fsp3) is 0.333. The molecule has 0 saturated heterocycles. The molecule has 0 heterocycles. The van der Waals surface area contributed by atoms with Gasteiger partial charge in [0.05, 0.1) is 7.11 Å². The third-order valence-corrected chi connectivity index (χ3v) is 0.315. The molecule has 4 nitrogen and oxygen atoms in total. The van der Waals surface area contributed by atoms with Crippen LogP contribution in [0.2, 0.25) is 0 Å². The molecule has 0 bridgehead atoms. The average molecular weight is 175 g/mol. The molecule has 0 atom stereocenters. The maximum atomic E-state index is 9.36. The van der Waals surface area contributed by atoms with Crippen LogP contribution < -0.4 is 0 Å². The summed E-state index contributed by atoms with van der Waals surface area (Å²) in [5.41, 5.74) is -2.13. The van der Waals surface area contributed by atoms with E-state index in [-0.39, 0.29) is 0 Å². The molecule has 0 unspecified atom stereocenters.